The standard InChI is InChI=1S/C22H24ClFN2O4S/c1-13-11-25(17-6-7-19(23)20(24)10-17)12-14(2)26(13)31(29,30)21-5-3-4-15-8-16(22(27)28)9-18(15)21/h3-7,10,13-14,16H,8-9,11-12H2,1-2H3,(H,27,28)/t13-,14+,16?. The first-order chi connectivity index (χ1) is 14.6. The van der Waals surface area contributed by atoms with E-state index >= 15 is 0 Å². The normalized spacial score (nSPS) is 24.3. The molecule has 0 saturated carbocycles. The molecule has 3 atom stereocenters. The fraction of sp³-hybridized carbons (Fsp3) is 0.409. The van der Waals surface area contributed by atoms with Crippen LogP contribution in [0.5, 0.6) is 0 Å². The van der Waals surface area contributed by atoms with Gasteiger partial charge in [0.2, 0.25) is 10.0 Å². The molecule has 2 aromatic rings. The topological polar surface area (TPSA) is 77.9 Å². The summed E-state index contributed by atoms with van der Waals surface area (Å²) in [7, 11) is -3.84. The molecule has 6 nitrogen and oxygen atoms in total. The summed E-state index contributed by atoms with van der Waals surface area (Å²) in [4.78, 5) is 13.6. The van der Waals surface area contributed by atoms with Gasteiger partial charge in [-0.1, -0.05) is 23.7 Å². The molecule has 166 valence electrons. The molecule has 0 amide bonds. The van der Waals surface area contributed by atoms with Crippen molar-refractivity contribution in [2.75, 3.05) is 18.0 Å². The number of aliphatic carboxylic acids is 1. The van der Waals surface area contributed by atoms with Gasteiger partial charge in [0.05, 0.1) is 15.8 Å². The molecule has 31 heavy (non-hydrogen) atoms. The van der Waals surface area contributed by atoms with Crippen LogP contribution < -0.4 is 4.90 Å². The molecule has 4 rings (SSSR count). The number of benzene rings is 2. The van der Waals surface area contributed by atoms with Crippen LogP contribution in [-0.4, -0.2) is 49.0 Å². The number of carboxylic acid groups (broad SMARTS) is 1. The Morgan fingerprint density at radius 2 is 1.81 bits per heavy atom. The predicted molar refractivity (Wildman–Crippen MR) is 117 cm³/mol. The van der Waals surface area contributed by atoms with Crippen molar-refractivity contribution >= 4 is 33.3 Å². The van der Waals surface area contributed by atoms with Gasteiger partial charge < -0.3 is 10.0 Å². The average molecular weight is 467 g/mol. The minimum absolute atomic E-state index is 0.0451. The molecule has 1 unspecified atom stereocenters. The molecule has 0 bridgehead atoms. The van der Waals surface area contributed by atoms with Gasteiger partial charge in [-0.05, 0) is 62.1 Å². The van der Waals surface area contributed by atoms with Crippen molar-refractivity contribution in [3.05, 3.63) is 58.4 Å². The average Bonchev–Trinajstić information content (AvgIpc) is 3.14. The molecule has 2 aromatic carbocycles. The SMILES string of the molecule is C[C@@H]1CN(c2ccc(Cl)c(F)c2)C[C@H](C)N1S(=O)(=O)c1cccc2c1CC(C(=O)O)C2. The Morgan fingerprint density at radius 1 is 1.13 bits per heavy atom. The molecule has 1 aliphatic heterocycles. The Labute approximate surface area is 186 Å². The lowest BCUT2D eigenvalue weighted by atomic mass is 10.1. The monoisotopic (exact) mass is 466 g/mol. The second-order valence-corrected chi connectivity index (χ2v) is 10.6. The Morgan fingerprint density at radius 3 is 2.42 bits per heavy atom. The van der Waals surface area contributed by atoms with Crippen molar-refractivity contribution in [2.45, 2.75) is 43.7 Å². The van der Waals surface area contributed by atoms with E-state index in [1.165, 1.54) is 16.4 Å². The quantitative estimate of drug-likeness (QED) is 0.745. The number of piperazine rings is 1. The molecular weight excluding hydrogens is 443 g/mol. The summed E-state index contributed by atoms with van der Waals surface area (Å²) in [6, 6.07) is 8.91. The molecule has 0 spiro atoms. The van der Waals surface area contributed by atoms with E-state index in [1.54, 1.807) is 24.3 Å². The van der Waals surface area contributed by atoms with E-state index in [1.807, 2.05) is 18.7 Å². The molecule has 1 aliphatic carbocycles. The van der Waals surface area contributed by atoms with Crippen LogP contribution in [0.4, 0.5) is 10.1 Å². The van der Waals surface area contributed by atoms with Gasteiger partial charge in [0.1, 0.15) is 5.82 Å². The summed E-state index contributed by atoms with van der Waals surface area (Å²) < 4.78 is 42.8. The van der Waals surface area contributed by atoms with E-state index in [2.05, 4.69) is 0 Å². The van der Waals surface area contributed by atoms with Gasteiger partial charge in [0.15, 0.2) is 0 Å². The van der Waals surface area contributed by atoms with Crippen molar-refractivity contribution in [2.24, 2.45) is 5.92 Å². The third kappa shape index (κ3) is 3.92. The molecule has 1 N–H and O–H groups in total. The van der Waals surface area contributed by atoms with Crippen LogP contribution in [0.3, 0.4) is 0 Å². The third-order valence-corrected chi connectivity index (χ3v) is 8.68. The number of rotatable bonds is 4. The Balaban J connectivity index is 1.63. The largest absolute Gasteiger partial charge is 0.481 e. The minimum atomic E-state index is -3.84. The van der Waals surface area contributed by atoms with Crippen molar-refractivity contribution in [3.8, 4) is 0 Å². The molecular formula is C22H24ClFN2O4S. The van der Waals surface area contributed by atoms with Crippen LogP contribution in [0.1, 0.15) is 25.0 Å². The van der Waals surface area contributed by atoms with E-state index in [0.29, 0.717) is 30.8 Å². The lowest BCUT2D eigenvalue weighted by Gasteiger charge is -2.44. The van der Waals surface area contributed by atoms with Crippen molar-refractivity contribution < 1.29 is 22.7 Å². The van der Waals surface area contributed by atoms with E-state index in [9.17, 15) is 22.7 Å². The smallest absolute Gasteiger partial charge is 0.307 e. The number of halogens is 2. The lowest BCUT2D eigenvalue weighted by molar-refractivity contribution is -0.141. The van der Waals surface area contributed by atoms with Gasteiger partial charge >= 0.3 is 5.97 Å². The first-order valence-corrected chi connectivity index (χ1v) is 12.0. The lowest BCUT2D eigenvalue weighted by Crippen LogP contribution is -2.58. The predicted octanol–water partition coefficient (Wildman–Crippen LogP) is 3.57. The van der Waals surface area contributed by atoms with Crippen LogP contribution in [-0.2, 0) is 27.7 Å². The molecule has 1 heterocycles. The summed E-state index contributed by atoms with van der Waals surface area (Å²) in [5, 5.41) is 9.43. The van der Waals surface area contributed by atoms with E-state index in [-0.39, 0.29) is 28.4 Å². The van der Waals surface area contributed by atoms with Crippen LogP contribution in [0, 0.1) is 11.7 Å². The molecule has 0 radical (unpaired) electrons. The van der Waals surface area contributed by atoms with Gasteiger partial charge in [-0.2, -0.15) is 4.31 Å². The maximum atomic E-state index is 13.9. The highest BCUT2D eigenvalue weighted by atomic mass is 35.5. The van der Waals surface area contributed by atoms with E-state index in [0.717, 1.165) is 5.56 Å². The second-order valence-electron chi connectivity index (χ2n) is 8.37. The minimum Gasteiger partial charge on any atom is -0.481 e. The third-order valence-electron chi connectivity index (χ3n) is 6.16. The molecule has 0 aromatic heterocycles. The van der Waals surface area contributed by atoms with Crippen LogP contribution >= 0.6 is 11.6 Å². The van der Waals surface area contributed by atoms with E-state index < -0.39 is 27.7 Å². The van der Waals surface area contributed by atoms with Gasteiger partial charge in [0, 0.05) is 30.9 Å². The molecule has 2 aliphatic rings. The zero-order valence-electron chi connectivity index (χ0n) is 17.3. The number of fused-ring (bicyclic) bond motifs is 1. The number of nitrogens with zero attached hydrogens (tertiary/aromatic N) is 2. The number of carboxylic acids is 1. The number of hydrogen-bond acceptors (Lipinski definition) is 4. The molecule has 1 fully saturated rings. The number of sulfonamides is 1. The van der Waals surface area contributed by atoms with Crippen molar-refractivity contribution in [1.29, 1.82) is 0 Å². The maximum Gasteiger partial charge on any atom is 0.307 e. The summed E-state index contributed by atoms with van der Waals surface area (Å²) in [5.74, 6) is -2.02. The van der Waals surface area contributed by atoms with Gasteiger partial charge in [0.25, 0.3) is 0 Å². The zero-order chi connectivity index (χ0) is 22.5. The van der Waals surface area contributed by atoms with Gasteiger partial charge in [-0.15, -0.1) is 0 Å². The highest BCUT2D eigenvalue weighted by molar-refractivity contribution is 7.89. The summed E-state index contributed by atoms with van der Waals surface area (Å²) >= 11 is 5.79. The number of hydrogen-bond donors (Lipinski definition) is 1. The first kappa shape index (κ1) is 22.0. The Kier molecular flexibility index (Phi) is 5.74. The van der Waals surface area contributed by atoms with Crippen molar-refractivity contribution in [3.63, 3.8) is 0 Å². The van der Waals surface area contributed by atoms with Gasteiger partial charge in [-0.3, -0.25) is 4.79 Å². The maximum absolute atomic E-state index is 13.9. The highest BCUT2D eigenvalue weighted by Crippen LogP contribution is 2.36. The van der Waals surface area contributed by atoms with Gasteiger partial charge in [-0.25, -0.2) is 12.8 Å². The highest BCUT2D eigenvalue weighted by Gasteiger charge is 2.41. The first-order valence-electron chi connectivity index (χ1n) is 10.2. The van der Waals surface area contributed by atoms with Crippen LogP contribution in [0.25, 0.3) is 0 Å². The number of carbonyl (C=O) groups is 1. The second kappa shape index (κ2) is 8.07. The summed E-state index contributed by atoms with van der Waals surface area (Å²) in [6.07, 6.45) is 0.557. The molecule has 9 heteroatoms. The zero-order valence-corrected chi connectivity index (χ0v) is 18.8. The summed E-state index contributed by atoms with van der Waals surface area (Å²) in [5.41, 5.74) is 2.04. The fourth-order valence-corrected chi connectivity index (χ4v) is 7.02. The Hall–Kier alpha value is -2.16. The van der Waals surface area contributed by atoms with Crippen LogP contribution in [0.2, 0.25) is 5.02 Å². The van der Waals surface area contributed by atoms with E-state index in [4.69, 9.17) is 11.6 Å². The summed E-state index contributed by atoms with van der Waals surface area (Å²) in [6.45, 7) is 4.46. The van der Waals surface area contributed by atoms with Crippen molar-refractivity contribution in [1.82, 2.24) is 4.31 Å². The Bertz CT molecular complexity index is 1130. The number of anilines is 1. The molecule has 1 saturated heterocycles. The fourth-order valence-electron chi connectivity index (χ4n) is 4.82. The van der Waals surface area contributed by atoms with Crippen LogP contribution in [0.15, 0.2) is 41.3 Å².